The molecule has 0 aromatic heterocycles. The SMILES string of the molecule is O=S(=O)(Nc1ccc2c(c1)NCCC2)C(F)(F)F. The van der Waals surface area contributed by atoms with Crippen LogP contribution in [0.15, 0.2) is 18.2 Å². The van der Waals surface area contributed by atoms with E-state index in [-0.39, 0.29) is 5.69 Å². The van der Waals surface area contributed by atoms with E-state index in [1.807, 2.05) is 0 Å². The average molecular weight is 280 g/mol. The molecule has 18 heavy (non-hydrogen) atoms. The van der Waals surface area contributed by atoms with Gasteiger partial charge in [0.15, 0.2) is 0 Å². The lowest BCUT2D eigenvalue weighted by atomic mass is 10.0. The number of benzene rings is 1. The number of hydrogen-bond acceptors (Lipinski definition) is 3. The summed E-state index contributed by atoms with van der Waals surface area (Å²) in [5.74, 6) is 0. The van der Waals surface area contributed by atoms with Gasteiger partial charge in [-0.2, -0.15) is 21.6 Å². The highest BCUT2D eigenvalue weighted by molar-refractivity contribution is 7.93. The van der Waals surface area contributed by atoms with Crippen molar-refractivity contribution in [2.75, 3.05) is 16.6 Å². The van der Waals surface area contributed by atoms with Crippen molar-refractivity contribution in [3.8, 4) is 0 Å². The number of anilines is 2. The summed E-state index contributed by atoms with van der Waals surface area (Å²) < 4.78 is 60.0. The molecule has 1 aliphatic rings. The van der Waals surface area contributed by atoms with Crippen LogP contribution in [0.25, 0.3) is 0 Å². The fraction of sp³-hybridized carbons (Fsp3) is 0.400. The molecular formula is C10H11F3N2O2S. The van der Waals surface area contributed by atoms with Crippen LogP contribution in [0.2, 0.25) is 0 Å². The number of alkyl halides is 3. The number of aryl methyl sites for hydroxylation is 1. The Kier molecular flexibility index (Phi) is 3.14. The quantitative estimate of drug-likeness (QED) is 0.874. The molecule has 0 bridgehead atoms. The molecule has 2 rings (SSSR count). The molecule has 2 N–H and O–H groups in total. The second kappa shape index (κ2) is 4.34. The third kappa shape index (κ3) is 2.53. The number of hydrogen-bond donors (Lipinski definition) is 2. The van der Waals surface area contributed by atoms with Gasteiger partial charge in [0.2, 0.25) is 0 Å². The first kappa shape index (κ1) is 13.0. The molecule has 0 saturated heterocycles. The van der Waals surface area contributed by atoms with Gasteiger partial charge in [-0.05, 0) is 30.5 Å². The van der Waals surface area contributed by atoms with Gasteiger partial charge in [-0.3, -0.25) is 4.72 Å². The van der Waals surface area contributed by atoms with Gasteiger partial charge in [0.1, 0.15) is 0 Å². The van der Waals surface area contributed by atoms with Crippen LogP contribution >= 0.6 is 0 Å². The molecule has 8 heteroatoms. The Hall–Kier alpha value is -1.44. The van der Waals surface area contributed by atoms with E-state index < -0.39 is 15.5 Å². The second-order valence-electron chi connectivity index (χ2n) is 3.95. The van der Waals surface area contributed by atoms with Crippen LogP contribution < -0.4 is 10.0 Å². The van der Waals surface area contributed by atoms with Crippen molar-refractivity contribution < 1.29 is 21.6 Å². The van der Waals surface area contributed by atoms with E-state index in [9.17, 15) is 21.6 Å². The van der Waals surface area contributed by atoms with Crippen molar-refractivity contribution in [2.45, 2.75) is 18.3 Å². The Labute approximate surface area is 102 Å². The molecule has 0 amide bonds. The van der Waals surface area contributed by atoms with E-state index in [2.05, 4.69) is 5.32 Å². The minimum atomic E-state index is -5.36. The van der Waals surface area contributed by atoms with Crippen LogP contribution in [0, 0.1) is 0 Å². The van der Waals surface area contributed by atoms with Gasteiger partial charge in [-0.25, -0.2) is 0 Å². The summed E-state index contributed by atoms with van der Waals surface area (Å²) >= 11 is 0. The first-order valence-electron chi connectivity index (χ1n) is 5.25. The summed E-state index contributed by atoms with van der Waals surface area (Å²) in [6.45, 7) is 0.725. The zero-order valence-corrected chi connectivity index (χ0v) is 10.0. The third-order valence-corrected chi connectivity index (χ3v) is 3.72. The molecule has 100 valence electrons. The summed E-state index contributed by atoms with van der Waals surface area (Å²) in [7, 11) is -5.36. The summed E-state index contributed by atoms with van der Waals surface area (Å²) in [5.41, 5.74) is -3.77. The molecule has 0 aliphatic carbocycles. The summed E-state index contributed by atoms with van der Waals surface area (Å²) in [4.78, 5) is 0. The van der Waals surface area contributed by atoms with E-state index in [4.69, 9.17) is 0 Å². The van der Waals surface area contributed by atoms with Gasteiger partial charge in [-0.1, -0.05) is 6.07 Å². The highest BCUT2D eigenvalue weighted by Gasteiger charge is 2.46. The largest absolute Gasteiger partial charge is 0.516 e. The van der Waals surface area contributed by atoms with Crippen LogP contribution in [0.3, 0.4) is 0 Å². The molecule has 4 nitrogen and oxygen atoms in total. The number of fused-ring (bicyclic) bond motifs is 1. The molecule has 0 saturated carbocycles. The third-order valence-electron chi connectivity index (χ3n) is 2.61. The smallest absolute Gasteiger partial charge is 0.385 e. The lowest BCUT2D eigenvalue weighted by Gasteiger charge is -2.19. The number of sulfonamides is 1. The number of rotatable bonds is 2. The van der Waals surface area contributed by atoms with Crippen molar-refractivity contribution in [1.82, 2.24) is 0 Å². The molecule has 0 radical (unpaired) electrons. The molecular weight excluding hydrogens is 269 g/mol. The van der Waals surface area contributed by atoms with Crippen molar-refractivity contribution in [2.24, 2.45) is 0 Å². The van der Waals surface area contributed by atoms with E-state index in [0.717, 1.165) is 24.9 Å². The maximum absolute atomic E-state index is 12.2. The Morgan fingerprint density at radius 2 is 2.00 bits per heavy atom. The predicted molar refractivity (Wildman–Crippen MR) is 61.9 cm³/mol. The summed E-state index contributed by atoms with van der Waals surface area (Å²) in [6, 6.07) is 4.32. The molecule has 1 heterocycles. The van der Waals surface area contributed by atoms with Crippen LogP contribution in [0.4, 0.5) is 24.5 Å². The number of nitrogens with one attached hydrogen (secondary N) is 2. The Bertz CT molecular complexity index is 555. The molecule has 0 unspecified atom stereocenters. The minimum Gasteiger partial charge on any atom is -0.385 e. The lowest BCUT2D eigenvalue weighted by molar-refractivity contribution is -0.0429. The average Bonchev–Trinajstić information content (AvgIpc) is 2.27. The molecule has 1 aromatic carbocycles. The fourth-order valence-electron chi connectivity index (χ4n) is 1.74. The van der Waals surface area contributed by atoms with Gasteiger partial charge < -0.3 is 5.32 Å². The van der Waals surface area contributed by atoms with E-state index in [1.54, 1.807) is 6.07 Å². The van der Waals surface area contributed by atoms with Gasteiger partial charge in [0.05, 0.1) is 5.69 Å². The summed E-state index contributed by atoms with van der Waals surface area (Å²) in [6.07, 6.45) is 1.77. The van der Waals surface area contributed by atoms with Crippen molar-refractivity contribution in [3.63, 3.8) is 0 Å². The monoisotopic (exact) mass is 280 g/mol. The van der Waals surface area contributed by atoms with Crippen molar-refractivity contribution in [1.29, 1.82) is 0 Å². The fourth-order valence-corrected chi connectivity index (χ4v) is 2.29. The molecule has 0 spiro atoms. The van der Waals surface area contributed by atoms with Gasteiger partial charge in [-0.15, -0.1) is 0 Å². The van der Waals surface area contributed by atoms with Crippen molar-refractivity contribution >= 4 is 21.4 Å². The molecule has 0 fully saturated rings. The topological polar surface area (TPSA) is 58.2 Å². The van der Waals surface area contributed by atoms with E-state index in [0.29, 0.717) is 5.69 Å². The normalized spacial score (nSPS) is 15.7. The Morgan fingerprint density at radius 1 is 1.28 bits per heavy atom. The lowest BCUT2D eigenvalue weighted by Crippen LogP contribution is -2.30. The molecule has 0 atom stereocenters. The van der Waals surface area contributed by atoms with Crippen LogP contribution in [-0.2, 0) is 16.4 Å². The van der Waals surface area contributed by atoms with Gasteiger partial charge in [0.25, 0.3) is 0 Å². The molecule has 1 aliphatic heterocycles. The van der Waals surface area contributed by atoms with Crippen LogP contribution in [-0.4, -0.2) is 20.5 Å². The maximum atomic E-state index is 12.2. The van der Waals surface area contributed by atoms with Crippen molar-refractivity contribution in [3.05, 3.63) is 23.8 Å². The predicted octanol–water partition coefficient (Wildman–Crippen LogP) is 2.31. The van der Waals surface area contributed by atoms with Crippen LogP contribution in [0.5, 0.6) is 0 Å². The Morgan fingerprint density at radius 3 is 2.67 bits per heavy atom. The zero-order valence-electron chi connectivity index (χ0n) is 9.21. The zero-order chi connectivity index (χ0) is 13.4. The second-order valence-corrected chi connectivity index (χ2v) is 5.63. The van der Waals surface area contributed by atoms with Gasteiger partial charge in [0, 0.05) is 12.2 Å². The van der Waals surface area contributed by atoms with E-state index in [1.165, 1.54) is 16.9 Å². The highest BCUT2D eigenvalue weighted by Crippen LogP contribution is 2.29. The van der Waals surface area contributed by atoms with E-state index >= 15 is 0 Å². The maximum Gasteiger partial charge on any atom is 0.516 e. The van der Waals surface area contributed by atoms with Gasteiger partial charge >= 0.3 is 15.5 Å². The molecule has 1 aromatic rings. The first-order chi connectivity index (χ1) is 8.29. The number of halogens is 3. The standard InChI is InChI=1S/C10H11F3N2O2S/c11-10(12,13)18(16,17)15-8-4-3-7-2-1-5-14-9(7)6-8/h3-4,6,14-15H,1-2,5H2. The highest BCUT2D eigenvalue weighted by atomic mass is 32.2. The minimum absolute atomic E-state index is 0.0968. The first-order valence-corrected chi connectivity index (χ1v) is 6.74. The van der Waals surface area contributed by atoms with Crippen LogP contribution in [0.1, 0.15) is 12.0 Å². The Balaban J connectivity index is 2.26. The summed E-state index contributed by atoms with van der Waals surface area (Å²) in [5, 5.41) is 3.01.